The zero-order valence-electron chi connectivity index (χ0n) is 20.1. The third kappa shape index (κ3) is 4.60. The Labute approximate surface area is 204 Å². The maximum atomic E-state index is 13.3. The molecule has 1 N–H and O–H groups in total. The van der Waals surface area contributed by atoms with Crippen LogP contribution in [0.5, 0.6) is 0 Å². The van der Waals surface area contributed by atoms with Crippen molar-refractivity contribution in [1.82, 2.24) is 0 Å². The summed E-state index contributed by atoms with van der Waals surface area (Å²) < 4.78 is 5.23. The summed E-state index contributed by atoms with van der Waals surface area (Å²) in [5.74, 6) is -2.19. The molecule has 0 aliphatic carbocycles. The molecule has 1 aliphatic heterocycles. The van der Waals surface area contributed by atoms with Crippen molar-refractivity contribution in [3.8, 4) is 0 Å². The highest BCUT2D eigenvalue weighted by molar-refractivity contribution is 6.51. The first-order valence-electron chi connectivity index (χ1n) is 11.4. The van der Waals surface area contributed by atoms with Crippen molar-refractivity contribution < 1.29 is 24.2 Å². The number of hydrogen-bond acceptors (Lipinski definition) is 5. The lowest BCUT2D eigenvalue weighted by Gasteiger charge is -2.25. The molecular formula is C29H27NO5. The largest absolute Gasteiger partial charge is 0.507 e. The Hall–Kier alpha value is -4.19. The number of aliphatic hydroxyl groups is 1. The van der Waals surface area contributed by atoms with Crippen molar-refractivity contribution >= 4 is 29.1 Å². The van der Waals surface area contributed by atoms with Gasteiger partial charge in [0, 0.05) is 11.3 Å². The van der Waals surface area contributed by atoms with E-state index in [-0.39, 0.29) is 17.4 Å². The SMILES string of the molecule is Cc1ccc(C)c(/C(O)=C2\C(=O)C(=O)N(c3ccc(C(=O)OC(C)C)cc3)C2c2ccccc2)c1. The van der Waals surface area contributed by atoms with Crippen LogP contribution >= 0.6 is 0 Å². The van der Waals surface area contributed by atoms with Crippen molar-refractivity contribution in [2.45, 2.75) is 39.8 Å². The molecule has 0 saturated carbocycles. The highest BCUT2D eigenvalue weighted by atomic mass is 16.5. The number of ketones is 1. The molecule has 35 heavy (non-hydrogen) atoms. The van der Waals surface area contributed by atoms with E-state index in [9.17, 15) is 19.5 Å². The molecule has 3 aromatic rings. The molecule has 1 aliphatic rings. The number of hydrogen-bond donors (Lipinski definition) is 1. The summed E-state index contributed by atoms with van der Waals surface area (Å²) in [6.45, 7) is 7.27. The molecule has 178 valence electrons. The molecule has 1 unspecified atom stereocenters. The monoisotopic (exact) mass is 469 g/mol. The lowest BCUT2D eigenvalue weighted by atomic mass is 9.93. The second kappa shape index (κ2) is 9.58. The lowest BCUT2D eigenvalue weighted by molar-refractivity contribution is -0.132. The molecule has 0 radical (unpaired) electrons. The van der Waals surface area contributed by atoms with E-state index in [0.717, 1.165) is 11.1 Å². The molecule has 1 saturated heterocycles. The summed E-state index contributed by atoms with van der Waals surface area (Å²) in [6.07, 6.45) is -0.261. The van der Waals surface area contributed by atoms with Gasteiger partial charge in [-0.25, -0.2) is 4.79 Å². The lowest BCUT2D eigenvalue weighted by Crippen LogP contribution is -2.29. The number of amides is 1. The quantitative estimate of drug-likeness (QED) is 0.231. The van der Waals surface area contributed by atoms with Crippen LogP contribution in [0.15, 0.2) is 78.4 Å². The fraction of sp³-hybridized carbons (Fsp3) is 0.207. The number of carbonyl (C=O) groups excluding carboxylic acids is 3. The van der Waals surface area contributed by atoms with Gasteiger partial charge in [0.05, 0.1) is 23.3 Å². The molecule has 0 aromatic heterocycles. The third-order valence-electron chi connectivity index (χ3n) is 5.93. The molecule has 3 aromatic carbocycles. The number of rotatable bonds is 5. The maximum Gasteiger partial charge on any atom is 0.338 e. The second-order valence-corrected chi connectivity index (χ2v) is 8.90. The molecule has 6 nitrogen and oxygen atoms in total. The minimum atomic E-state index is -0.829. The highest BCUT2D eigenvalue weighted by Gasteiger charge is 2.47. The van der Waals surface area contributed by atoms with Crippen LogP contribution in [-0.2, 0) is 14.3 Å². The van der Waals surface area contributed by atoms with Crippen LogP contribution in [0, 0.1) is 13.8 Å². The van der Waals surface area contributed by atoms with Crippen LogP contribution in [0.2, 0.25) is 0 Å². The first-order valence-corrected chi connectivity index (χ1v) is 11.4. The van der Waals surface area contributed by atoms with E-state index >= 15 is 0 Å². The number of benzene rings is 3. The fourth-order valence-electron chi connectivity index (χ4n) is 4.23. The van der Waals surface area contributed by atoms with Gasteiger partial charge in [-0.05, 0) is 69.2 Å². The molecule has 4 rings (SSSR count). The number of esters is 1. The first-order chi connectivity index (χ1) is 16.7. The van der Waals surface area contributed by atoms with E-state index in [1.807, 2.05) is 56.3 Å². The normalized spacial score (nSPS) is 17.2. The van der Waals surface area contributed by atoms with Crippen molar-refractivity contribution in [3.05, 3.63) is 106 Å². The topological polar surface area (TPSA) is 83.9 Å². The number of Topliss-reactive ketones (excluding diaryl/α,β-unsaturated/α-hetero) is 1. The maximum absolute atomic E-state index is 13.3. The summed E-state index contributed by atoms with van der Waals surface area (Å²) in [5.41, 5.74) is 3.70. The molecule has 0 bridgehead atoms. The Morgan fingerprint density at radius 3 is 2.23 bits per heavy atom. The standard InChI is InChI=1S/C29H27NO5/c1-17(2)35-29(34)21-12-14-22(15-13-21)30-25(20-8-6-5-7-9-20)24(27(32)28(30)33)26(31)23-16-18(3)10-11-19(23)4/h5-17,25,31H,1-4H3/b26-24+. The van der Waals surface area contributed by atoms with Crippen molar-refractivity contribution in [3.63, 3.8) is 0 Å². The van der Waals surface area contributed by atoms with Gasteiger partial charge in [-0.15, -0.1) is 0 Å². The van der Waals surface area contributed by atoms with Crippen LogP contribution in [-0.4, -0.2) is 28.9 Å². The summed E-state index contributed by atoms with van der Waals surface area (Å²) in [6, 6.07) is 20.2. The van der Waals surface area contributed by atoms with E-state index in [2.05, 4.69) is 0 Å². The van der Waals surface area contributed by atoms with E-state index in [1.54, 1.807) is 44.2 Å². The number of aryl methyl sites for hydroxylation is 2. The number of ether oxygens (including phenoxy) is 1. The van der Waals surface area contributed by atoms with Gasteiger partial charge < -0.3 is 9.84 Å². The Balaban J connectivity index is 1.85. The number of nitrogens with zero attached hydrogens (tertiary/aromatic N) is 1. The van der Waals surface area contributed by atoms with Crippen molar-refractivity contribution in [2.24, 2.45) is 0 Å². The molecule has 1 fully saturated rings. The Morgan fingerprint density at radius 2 is 1.60 bits per heavy atom. The van der Waals surface area contributed by atoms with Crippen LogP contribution in [0.4, 0.5) is 5.69 Å². The third-order valence-corrected chi connectivity index (χ3v) is 5.93. The van der Waals surface area contributed by atoms with Crippen LogP contribution < -0.4 is 4.90 Å². The Morgan fingerprint density at radius 1 is 0.943 bits per heavy atom. The Kier molecular flexibility index (Phi) is 6.56. The van der Waals surface area contributed by atoms with Gasteiger partial charge in [-0.2, -0.15) is 0 Å². The predicted octanol–water partition coefficient (Wildman–Crippen LogP) is 5.49. The molecule has 1 heterocycles. The van der Waals surface area contributed by atoms with Crippen LogP contribution in [0.25, 0.3) is 5.76 Å². The van der Waals surface area contributed by atoms with Gasteiger partial charge in [-0.3, -0.25) is 14.5 Å². The van der Waals surface area contributed by atoms with E-state index in [1.165, 1.54) is 4.90 Å². The van der Waals surface area contributed by atoms with E-state index < -0.39 is 23.7 Å². The molecule has 0 spiro atoms. The van der Waals surface area contributed by atoms with E-state index in [0.29, 0.717) is 22.4 Å². The van der Waals surface area contributed by atoms with Crippen LogP contribution in [0.1, 0.15) is 52.5 Å². The number of carbonyl (C=O) groups is 3. The minimum absolute atomic E-state index is 0.0261. The number of anilines is 1. The van der Waals surface area contributed by atoms with Gasteiger partial charge in [-0.1, -0.05) is 48.0 Å². The van der Waals surface area contributed by atoms with E-state index in [4.69, 9.17) is 4.74 Å². The zero-order chi connectivity index (χ0) is 25.3. The summed E-state index contributed by atoms with van der Waals surface area (Å²) in [7, 11) is 0. The average molecular weight is 470 g/mol. The fourth-order valence-corrected chi connectivity index (χ4v) is 4.23. The molecule has 1 amide bonds. The second-order valence-electron chi connectivity index (χ2n) is 8.90. The summed E-state index contributed by atoms with van der Waals surface area (Å²) in [4.78, 5) is 40.2. The van der Waals surface area contributed by atoms with Gasteiger partial charge in [0.1, 0.15) is 5.76 Å². The summed E-state index contributed by atoms with van der Waals surface area (Å²) in [5, 5.41) is 11.3. The Bertz CT molecular complexity index is 1320. The predicted molar refractivity (Wildman–Crippen MR) is 134 cm³/mol. The minimum Gasteiger partial charge on any atom is -0.507 e. The van der Waals surface area contributed by atoms with Crippen LogP contribution in [0.3, 0.4) is 0 Å². The highest BCUT2D eigenvalue weighted by Crippen LogP contribution is 2.42. The average Bonchev–Trinajstić information content (AvgIpc) is 3.11. The first kappa shape index (κ1) is 24.0. The number of aliphatic hydroxyl groups excluding tert-OH is 1. The van der Waals surface area contributed by atoms with Gasteiger partial charge >= 0.3 is 5.97 Å². The summed E-state index contributed by atoms with van der Waals surface area (Å²) >= 11 is 0. The van der Waals surface area contributed by atoms with Crippen molar-refractivity contribution in [1.29, 1.82) is 0 Å². The molecule has 6 heteroatoms. The molecule has 1 atom stereocenters. The van der Waals surface area contributed by atoms with Gasteiger partial charge in [0.15, 0.2) is 0 Å². The zero-order valence-corrected chi connectivity index (χ0v) is 20.1. The van der Waals surface area contributed by atoms with Crippen molar-refractivity contribution in [2.75, 3.05) is 4.90 Å². The van der Waals surface area contributed by atoms with Gasteiger partial charge in [0.2, 0.25) is 0 Å². The molecular weight excluding hydrogens is 442 g/mol. The smallest absolute Gasteiger partial charge is 0.338 e. The van der Waals surface area contributed by atoms with Gasteiger partial charge in [0.25, 0.3) is 11.7 Å².